The Bertz CT molecular complexity index is 3820. The summed E-state index contributed by atoms with van der Waals surface area (Å²) in [6, 6.07) is 62.8. The average molecular weight is 946 g/mol. The summed E-state index contributed by atoms with van der Waals surface area (Å²) in [4.78, 5) is 14.5. The second-order valence-electron chi connectivity index (χ2n) is 17.5. The minimum atomic E-state index is -0.521. The molecule has 4 heterocycles. The highest BCUT2D eigenvalue weighted by atomic mass is 35.5. The van der Waals surface area contributed by atoms with Crippen LogP contribution in [0.1, 0.15) is 42.8 Å². The van der Waals surface area contributed by atoms with Crippen LogP contribution in [-0.2, 0) is 0 Å². The third-order valence-electron chi connectivity index (χ3n) is 12.9. The molecule has 0 unspecified atom stereocenters. The average Bonchev–Trinajstić information content (AvgIpc) is 4.15. The van der Waals surface area contributed by atoms with Crippen LogP contribution >= 0.6 is 23.2 Å². The molecule has 0 saturated heterocycles. The highest BCUT2D eigenvalue weighted by molar-refractivity contribution is 6.85. The molecule has 0 N–H and O–H groups in total. The minimum Gasteiger partial charge on any atom is -0.447 e. The molecule has 334 valence electrons. The third kappa shape index (κ3) is 7.59. The number of oxazole rings is 2. The van der Waals surface area contributed by atoms with Crippen molar-refractivity contribution < 1.29 is 8.83 Å². The molecule has 70 heavy (non-hydrogen) atoms. The molecule has 0 bridgehead atoms. The normalized spacial score (nSPS) is 12.3. The van der Waals surface area contributed by atoms with E-state index in [1.807, 2.05) is 84.9 Å². The van der Waals surface area contributed by atoms with Crippen molar-refractivity contribution in [2.75, 3.05) is 0 Å². The molecule has 0 amide bonds. The fourth-order valence-electron chi connectivity index (χ4n) is 10.0. The Balaban J connectivity index is 1.50. The van der Waals surface area contributed by atoms with E-state index >= 15 is 0 Å². The number of halogens is 2. The zero-order valence-electron chi connectivity index (χ0n) is 38.3. The summed E-state index contributed by atoms with van der Waals surface area (Å²) in [5.41, 5.74) is 9.86. The van der Waals surface area contributed by atoms with Crippen LogP contribution in [0.3, 0.4) is 0 Å². The van der Waals surface area contributed by atoms with Gasteiger partial charge in [0.15, 0.2) is 11.2 Å². The van der Waals surface area contributed by atoms with Gasteiger partial charge in [0, 0.05) is 55.3 Å². The van der Waals surface area contributed by atoms with Gasteiger partial charge in [0.05, 0.1) is 11.9 Å². The van der Waals surface area contributed by atoms with E-state index in [0.29, 0.717) is 42.9 Å². The van der Waals surface area contributed by atoms with E-state index in [1.54, 1.807) is 36.4 Å². The van der Waals surface area contributed by atoms with Crippen LogP contribution in [0.4, 0.5) is 0 Å². The summed E-state index contributed by atoms with van der Waals surface area (Å²) >= 11 is 13.1. The minimum absolute atomic E-state index is 0.133. The summed E-state index contributed by atoms with van der Waals surface area (Å²) < 4.78 is 17.8. The van der Waals surface area contributed by atoms with Crippen LogP contribution in [-0.4, -0.2) is 32.6 Å². The van der Waals surface area contributed by atoms with Crippen molar-refractivity contribution in [3.63, 3.8) is 0 Å². The van der Waals surface area contributed by atoms with Crippen molar-refractivity contribution in [3.05, 3.63) is 237 Å². The summed E-state index contributed by atoms with van der Waals surface area (Å²) in [6.45, 7) is 14.7. The standard InChI is InChI=1S/C58H40B2Cl2N6O2/c1-36(2)53-50-51(55(45(35-63)57-65-46-31-29-42(61)33-48(46)69-57)67(53)59(38-20-9-5-10-21-38)39-22-11-6-12-23-39)54(44-28-18-17-19-37(44)3)68(60(40-24-13-7-14-25-40)41-26-15-8-16-27-41)56(50)52(64-4)58-66-47-32-30-43(62)34-49(47)70-58/h5-34,36H,1-3H3/b55-45-,56-52+. The van der Waals surface area contributed by atoms with Crippen LogP contribution in [0.15, 0.2) is 191 Å². The molecule has 0 aliphatic rings. The van der Waals surface area contributed by atoms with Gasteiger partial charge in [-0.2, -0.15) is 5.26 Å². The van der Waals surface area contributed by atoms with Crippen molar-refractivity contribution in [3.8, 4) is 17.3 Å². The molecule has 0 atom stereocenters. The Kier molecular flexibility index (Phi) is 11.6. The molecule has 0 aliphatic heterocycles. The number of fused-ring (bicyclic) bond motifs is 3. The van der Waals surface area contributed by atoms with Crippen molar-refractivity contribution in [2.24, 2.45) is 0 Å². The number of nitrogens with zero attached hydrogens (tertiary/aromatic N) is 6. The first-order valence-corrected chi connectivity index (χ1v) is 23.7. The summed E-state index contributed by atoms with van der Waals surface area (Å²) in [5, 5.41) is 15.5. The molecule has 0 aliphatic carbocycles. The Labute approximate surface area is 415 Å². The van der Waals surface area contributed by atoms with Gasteiger partial charge in [0.2, 0.25) is 11.8 Å². The van der Waals surface area contributed by atoms with E-state index in [2.05, 4.69) is 101 Å². The van der Waals surface area contributed by atoms with Crippen LogP contribution in [0, 0.1) is 24.8 Å². The maximum atomic E-state index is 11.9. The van der Waals surface area contributed by atoms with Crippen LogP contribution in [0.2, 0.25) is 10.0 Å². The molecule has 12 heteroatoms. The van der Waals surface area contributed by atoms with Gasteiger partial charge in [-0.1, -0.05) is 204 Å². The predicted molar refractivity (Wildman–Crippen MR) is 285 cm³/mol. The maximum Gasteiger partial charge on any atom is 0.327 e. The van der Waals surface area contributed by atoms with Crippen LogP contribution in [0.25, 0.3) is 60.3 Å². The summed E-state index contributed by atoms with van der Waals surface area (Å²) in [5.74, 6) is 0.0545. The molecule has 11 aromatic rings. The number of hydrogen-bond donors (Lipinski definition) is 0. The highest BCUT2D eigenvalue weighted by Gasteiger charge is 2.38. The number of aromatic nitrogens is 4. The van der Waals surface area contributed by atoms with Gasteiger partial charge in [-0.15, -0.1) is 0 Å². The zero-order chi connectivity index (χ0) is 48.0. The van der Waals surface area contributed by atoms with Gasteiger partial charge in [-0.25, -0.2) is 14.8 Å². The SMILES string of the molecule is [C-]#[N+]/C(c1nc2ccc(Cl)cc2o1)=c1\c2c(C(C)C)n(B(c3ccccc3)c3ccccc3)/c(=C(/C#N)c3nc4ccc(Cl)cc4o3)c2c(-c2ccccc2C)n1B(c1ccccc1)c1ccccc1. The third-order valence-corrected chi connectivity index (χ3v) is 13.4. The molecule has 0 radical (unpaired) electrons. The van der Waals surface area contributed by atoms with Gasteiger partial charge in [-0.3, -0.25) is 0 Å². The number of benzene rings is 7. The van der Waals surface area contributed by atoms with Crippen LogP contribution < -0.4 is 32.5 Å². The zero-order valence-corrected chi connectivity index (χ0v) is 39.8. The van der Waals surface area contributed by atoms with E-state index in [9.17, 15) is 11.8 Å². The molecular formula is C58H40B2Cl2N6O2. The monoisotopic (exact) mass is 944 g/mol. The first-order valence-electron chi connectivity index (χ1n) is 23.0. The Hall–Kier alpha value is -8.27. The topological polar surface area (TPSA) is 90.1 Å². The molecule has 0 fully saturated rings. The van der Waals surface area contributed by atoms with E-state index in [0.717, 1.165) is 55.1 Å². The van der Waals surface area contributed by atoms with Crippen molar-refractivity contribution in [2.45, 2.75) is 26.7 Å². The predicted octanol–water partition coefficient (Wildman–Crippen LogP) is 10.2. The lowest BCUT2D eigenvalue weighted by Gasteiger charge is -2.25. The number of nitriles is 1. The Morgan fingerprint density at radius 3 is 1.53 bits per heavy atom. The van der Waals surface area contributed by atoms with Gasteiger partial charge >= 0.3 is 13.7 Å². The Morgan fingerprint density at radius 2 is 1.06 bits per heavy atom. The first kappa shape index (κ1) is 44.2. The van der Waals surface area contributed by atoms with Crippen molar-refractivity contribution in [1.29, 1.82) is 5.26 Å². The summed E-state index contributed by atoms with van der Waals surface area (Å²) in [6.07, 6.45) is 0. The number of hydrogen-bond acceptors (Lipinski definition) is 5. The highest BCUT2D eigenvalue weighted by Crippen LogP contribution is 2.37. The smallest absolute Gasteiger partial charge is 0.327 e. The van der Waals surface area contributed by atoms with Gasteiger partial charge in [0.25, 0.3) is 5.70 Å². The quantitative estimate of drug-likeness (QED) is 0.101. The molecule has 0 spiro atoms. The molecule has 8 nitrogen and oxygen atoms in total. The van der Waals surface area contributed by atoms with E-state index in [-0.39, 0.29) is 29.0 Å². The van der Waals surface area contributed by atoms with E-state index in [4.69, 9.17) is 42.0 Å². The lowest BCUT2D eigenvalue weighted by molar-refractivity contribution is 0.584. The second kappa shape index (κ2) is 18.3. The Morgan fingerprint density at radius 1 is 0.600 bits per heavy atom. The largest absolute Gasteiger partial charge is 0.447 e. The number of aryl methyl sites for hydroxylation is 1. The molecular weight excluding hydrogens is 905 g/mol. The van der Waals surface area contributed by atoms with E-state index < -0.39 is 13.7 Å². The van der Waals surface area contributed by atoms with Crippen LogP contribution in [0.5, 0.6) is 0 Å². The lowest BCUT2D eigenvalue weighted by Crippen LogP contribution is -2.54. The second-order valence-corrected chi connectivity index (χ2v) is 18.4. The molecule has 4 aromatic heterocycles. The fraction of sp³-hybridized carbons (Fsp3) is 0.0690. The van der Waals surface area contributed by atoms with E-state index in [1.165, 1.54) is 0 Å². The van der Waals surface area contributed by atoms with Gasteiger partial charge in [-0.05, 0) is 42.7 Å². The van der Waals surface area contributed by atoms with Crippen molar-refractivity contribution in [1.82, 2.24) is 18.9 Å². The molecule has 7 aromatic carbocycles. The summed E-state index contributed by atoms with van der Waals surface area (Å²) in [7, 11) is 0. The molecule has 11 rings (SSSR count). The lowest BCUT2D eigenvalue weighted by atomic mass is 9.50. The fourth-order valence-corrected chi connectivity index (χ4v) is 10.4. The first-order chi connectivity index (χ1) is 34.2. The molecule has 0 saturated carbocycles. The van der Waals surface area contributed by atoms with Gasteiger partial charge < -0.3 is 17.8 Å². The van der Waals surface area contributed by atoms with Crippen molar-refractivity contribution >= 4 is 103 Å². The number of rotatable bonds is 10. The maximum absolute atomic E-state index is 11.9. The van der Waals surface area contributed by atoms with Gasteiger partial charge in [0.1, 0.15) is 22.7 Å².